The van der Waals surface area contributed by atoms with Crippen LogP contribution in [0.2, 0.25) is 0 Å². The number of hydrogen-bond acceptors (Lipinski definition) is 3. The topological polar surface area (TPSA) is 32.3 Å². The van der Waals surface area contributed by atoms with E-state index in [0.29, 0.717) is 28.8 Å². The van der Waals surface area contributed by atoms with Crippen LogP contribution in [-0.4, -0.2) is 10.9 Å². The third kappa shape index (κ3) is 4.09. The third-order valence-corrected chi connectivity index (χ3v) is 3.31. The van der Waals surface area contributed by atoms with E-state index in [9.17, 15) is 13.2 Å². The van der Waals surface area contributed by atoms with Crippen LogP contribution in [0.5, 0.6) is 5.75 Å². The second-order valence-electron chi connectivity index (χ2n) is 4.04. The van der Waals surface area contributed by atoms with Gasteiger partial charge in [0.25, 0.3) is 5.76 Å². The molecule has 0 amide bonds. The fraction of sp³-hybridized carbons (Fsp3) is 0.143. The van der Waals surface area contributed by atoms with Crippen LogP contribution in [0.25, 0.3) is 0 Å². The first kappa shape index (κ1) is 14.6. The second kappa shape index (κ2) is 6.56. The van der Waals surface area contributed by atoms with E-state index in [4.69, 9.17) is 5.11 Å². The molecule has 2 aromatic carbocycles. The lowest BCUT2D eigenvalue weighted by Crippen LogP contribution is -1.99. The first-order valence-corrected chi connectivity index (χ1v) is 6.69. The Kier molecular flexibility index (Phi) is 4.79. The highest BCUT2D eigenvalue weighted by Crippen LogP contribution is 2.26. The molecular formula is C14H12F3NOS. The first-order valence-electron chi connectivity index (χ1n) is 5.81. The van der Waals surface area contributed by atoms with Gasteiger partial charge in [-0.15, -0.1) is 0 Å². The molecule has 0 saturated carbocycles. The van der Waals surface area contributed by atoms with Crippen molar-refractivity contribution in [2.24, 2.45) is 0 Å². The van der Waals surface area contributed by atoms with Gasteiger partial charge in [0.2, 0.25) is 0 Å². The van der Waals surface area contributed by atoms with Gasteiger partial charge in [-0.2, -0.15) is 8.78 Å². The molecule has 0 atom stereocenters. The van der Waals surface area contributed by atoms with E-state index in [1.54, 1.807) is 30.3 Å². The van der Waals surface area contributed by atoms with Gasteiger partial charge in [0, 0.05) is 17.1 Å². The summed E-state index contributed by atoms with van der Waals surface area (Å²) in [5.74, 6) is -3.50. The fourth-order valence-electron chi connectivity index (χ4n) is 1.62. The molecule has 0 aromatic heterocycles. The zero-order valence-corrected chi connectivity index (χ0v) is 11.1. The van der Waals surface area contributed by atoms with Crippen LogP contribution in [0.3, 0.4) is 0 Å². The van der Waals surface area contributed by atoms with E-state index in [2.05, 4.69) is 5.32 Å². The van der Waals surface area contributed by atoms with Gasteiger partial charge in [-0.25, -0.2) is 4.39 Å². The number of phenols is 1. The van der Waals surface area contributed by atoms with Crippen LogP contribution < -0.4 is 5.32 Å². The second-order valence-corrected chi connectivity index (χ2v) is 5.11. The van der Waals surface area contributed by atoms with E-state index in [1.807, 2.05) is 0 Å². The molecule has 2 nitrogen and oxygen atoms in total. The van der Waals surface area contributed by atoms with Gasteiger partial charge in [-0.1, -0.05) is 17.8 Å². The summed E-state index contributed by atoms with van der Waals surface area (Å²) < 4.78 is 37.4. The van der Waals surface area contributed by atoms with Crippen molar-refractivity contribution in [2.45, 2.75) is 17.2 Å². The minimum Gasteiger partial charge on any atom is -0.505 e. The Bertz CT molecular complexity index is 575. The molecule has 0 fully saturated rings. The van der Waals surface area contributed by atoms with Crippen LogP contribution >= 0.6 is 11.8 Å². The molecule has 0 saturated heterocycles. The van der Waals surface area contributed by atoms with Crippen molar-refractivity contribution in [1.29, 1.82) is 0 Å². The van der Waals surface area contributed by atoms with Crippen molar-refractivity contribution in [3.05, 3.63) is 53.8 Å². The minimum absolute atomic E-state index is 0.374. The maximum Gasteiger partial charge on any atom is 0.288 e. The van der Waals surface area contributed by atoms with Crippen LogP contribution in [0.4, 0.5) is 18.9 Å². The summed E-state index contributed by atoms with van der Waals surface area (Å²) in [6.45, 7) is 0.374. The summed E-state index contributed by atoms with van der Waals surface area (Å²) in [5.41, 5.74) is 1.42. The van der Waals surface area contributed by atoms with E-state index in [0.717, 1.165) is 5.69 Å². The quantitative estimate of drug-likeness (QED) is 0.800. The van der Waals surface area contributed by atoms with E-state index >= 15 is 0 Å². The number of nitrogens with one attached hydrogen (secondary N) is 1. The Morgan fingerprint density at radius 3 is 2.40 bits per heavy atom. The van der Waals surface area contributed by atoms with Crippen molar-refractivity contribution in [3.63, 3.8) is 0 Å². The lowest BCUT2D eigenvalue weighted by molar-refractivity contribution is 0.252. The highest BCUT2D eigenvalue weighted by molar-refractivity contribution is 7.99. The van der Waals surface area contributed by atoms with Gasteiger partial charge in [0.1, 0.15) is 0 Å². The molecule has 0 spiro atoms. The fourth-order valence-corrected chi connectivity index (χ4v) is 2.12. The van der Waals surface area contributed by atoms with Gasteiger partial charge in [0.15, 0.2) is 11.6 Å². The van der Waals surface area contributed by atoms with Crippen molar-refractivity contribution >= 4 is 17.4 Å². The minimum atomic E-state index is -2.44. The highest BCUT2D eigenvalue weighted by atomic mass is 32.2. The molecule has 2 aromatic rings. The third-order valence-electron chi connectivity index (χ3n) is 2.59. The maximum absolute atomic E-state index is 13.1. The molecule has 0 unspecified atom stereocenters. The van der Waals surface area contributed by atoms with Gasteiger partial charge in [0.05, 0.1) is 0 Å². The van der Waals surface area contributed by atoms with Gasteiger partial charge in [-0.3, -0.25) is 0 Å². The molecule has 2 rings (SSSR count). The number of halogens is 3. The van der Waals surface area contributed by atoms with Crippen molar-refractivity contribution in [2.75, 3.05) is 5.32 Å². The molecular weight excluding hydrogens is 287 g/mol. The van der Waals surface area contributed by atoms with Gasteiger partial charge >= 0.3 is 0 Å². The molecule has 6 heteroatoms. The number of anilines is 1. The van der Waals surface area contributed by atoms with Gasteiger partial charge in [-0.05, 0) is 42.0 Å². The average Bonchev–Trinajstić information content (AvgIpc) is 2.41. The van der Waals surface area contributed by atoms with Gasteiger partial charge < -0.3 is 10.4 Å². The molecule has 20 heavy (non-hydrogen) atoms. The number of aromatic hydroxyl groups is 1. The molecule has 0 heterocycles. The number of benzene rings is 2. The smallest absolute Gasteiger partial charge is 0.288 e. The number of phenolic OH excluding ortho intramolecular Hbond substituents is 1. The number of alkyl halides is 2. The zero-order valence-electron chi connectivity index (χ0n) is 10.3. The number of rotatable bonds is 5. The molecule has 2 N–H and O–H groups in total. The molecule has 0 aliphatic heterocycles. The van der Waals surface area contributed by atoms with E-state index in [-0.39, 0.29) is 5.75 Å². The Balaban J connectivity index is 1.95. The normalized spacial score (nSPS) is 10.8. The van der Waals surface area contributed by atoms with Crippen LogP contribution in [0.1, 0.15) is 5.56 Å². The lowest BCUT2D eigenvalue weighted by atomic mass is 10.2. The maximum atomic E-state index is 13.1. The number of hydrogen-bond donors (Lipinski definition) is 2. The Morgan fingerprint density at radius 2 is 1.80 bits per heavy atom. The van der Waals surface area contributed by atoms with Crippen molar-refractivity contribution in [3.8, 4) is 5.75 Å². The van der Waals surface area contributed by atoms with E-state index < -0.39 is 11.6 Å². The van der Waals surface area contributed by atoms with Crippen molar-refractivity contribution in [1.82, 2.24) is 0 Å². The average molecular weight is 299 g/mol. The highest BCUT2D eigenvalue weighted by Gasteiger charge is 2.05. The summed E-state index contributed by atoms with van der Waals surface area (Å²) in [7, 11) is 0. The monoisotopic (exact) mass is 299 g/mol. The lowest BCUT2D eigenvalue weighted by Gasteiger charge is -2.08. The van der Waals surface area contributed by atoms with E-state index in [1.165, 1.54) is 12.1 Å². The molecule has 0 bridgehead atoms. The summed E-state index contributed by atoms with van der Waals surface area (Å²) >= 11 is 0.487. The summed E-state index contributed by atoms with van der Waals surface area (Å²) in [6, 6.07) is 10.7. The molecule has 0 aliphatic carbocycles. The first-order chi connectivity index (χ1) is 9.54. The molecule has 0 aliphatic rings. The number of thioether (sulfide) groups is 1. The predicted octanol–water partition coefficient (Wildman–Crippen LogP) is 4.46. The van der Waals surface area contributed by atoms with Crippen LogP contribution in [0.15, 0.2) is 47.4 Å². The van der Waals surface area contributed by atoms with Crippen LogP contribution in [-0.2, 0) is 6.54 Å². The Morgan fingerprint density at radius 1 is 1.10 bits per heavy atom. The molecule has 0 radical (unpaired) electrons. The summed E-state index contributed by atoms with van der Waals surface area (Å²) in [6.07, 6.45) is 0. The SMILES string of the molecule is Oc1ccc(CNc2ccc(SC(F)F)cc2)cc1F. The Hall–Kier alpha value is -1.82. The summed E-state index contributed by atoms with van der Waals surface area (Å²) in [4.78, 5) is 0.487. The Labute approximate surface area is 118 Å². The summed E-state index contributed by atoms with van der Waals surface area (Å²) in [5, 5.41) is 12.1. The molecule has 106 valence electrons. The zero-order chi connectivity index (χ0) is 14.5. The predicted molar refractivity (Wildman–Crippen MR) is 73.7 cm³/mol. The van der Waals surface area contributed by atoms with Crippen LogP contribution in [0, 0.1) is 5.82 Å². The largest absolute Gasteiger partial charge is 0.505 e. The standard InChI is InChI=1S/C14H12F3NOS/c15-12-7-9(1-6-13(12)19)8-18-10-2-4-11(5-3-10)20-14(16)17/h1-7,14,18-19H,8H2. The van der Waals surface area contributed by atoms with Crippen molar-refractivity contribution < 1.29 is 18.3 Å².